The minimum Gasteiger partial charge on any atom is -0.339 e. The van der Waals surface area contributed by atoms with Crippen molar-refractivity contribution < 1.29 is 14.4 Å². The van der Waals surface area contributed by atoms with Gasteiger partial charge in [0.15, 0.2) is 0 Å². The van der Waals surface area contributed by atoms with Gasteiger partial charge in [-0.15, -0.1) is 0 Å². The van der Waals surface area contributed by atoms with Crippen LogP contribution in [0.5, 0.6) is 0 Å². The molecule has 5 nitrogen and oxygen atoms in total. The van der Waals surface area contributed by atoms with Crippen molar-refractivity contribution in [2.45, 2.75) is 13.8 Å². The molecule has 1 heterocycles. The van der Waals surface area contributed by atoms with Gasteiger partial charge in [0.1, 0.15) is 0 Å². The molecular formula is C23H19BrN2O3. The smallest absolute Gasteiger partial charge is 0.265 e. The second-order valence-electron chi connectivity index (χ2n) is 6.79. The number of hydrogen-bond donors (Lipinski definition) is 0. The number of anilines is 1. The molecule has 0 spiro atoms. The van der Waals surface area contributed by atoms with Crippen molar-refractivity contribution in [1.29, 1.82) is 0 Å². The molecule has 0 unspecified atom stereocenters. The van der Waals surface area contributed by atoms with Gasteiger partial charge < -0.3 is 4.90 Å². The highest BCUT2D eigenvalue weighted by Crippen LogP contribution is 2.36. The first-order chi connectivity index (χ1) is 14.0. The number of carbonyl (C=O) groups is 3. The second kappa shape index (κ2) is 7.44. The van der Waals surface area contributed by atoms with Crippen LogP contribution in [0.4, 0.5) is 5.69 Å². The van der Waals surface area contributed by atoms with Gasteiger partial charge >= 0.3 is 0 Å². The Morgan fingerprint density at radius 1 is 0.897 bits per heavy atom. The predicted molar refractivity (Wildman–Crippen MR) is 116 cm³/mol. The summed E-state index contributed by atoms with van der Waals surface area (Å²) in [6.07, 6.45) is 0. The minimum absolute atomic E-state index is 0.0715. The van der Waals surface area contributed by atoms with E-state index in [1.54, 1.807) is 41.3 Å². The molecule has 3 amide bonds. The van der Waals surface area contributed by atoms with Crippen LogP contribution in [-0.4, -0.2) is 35.7 Å². The van der Waals surface area contributed by atoms with Crippen LogP contribution < -0.4 is 4.90 Å². The molecule has 6 heteroatoms. The third kappa shape index (κ3) is 3.04. The Morgan fingerprint density at radius 3 is 2.14 bits per heavy atom. The molecule has 0 saturated carbocycles. The van der Waals surface area contributed by atoms with Crippen LogP contribution in [0.15, 0.2) is 59.1 Å². The number of halogens is 1. The van der Waals surface area contributed by atoms with Crippen molar-refractivity contribution in [2.75, 3.05) is 18.0 Å². The highest BCUT2D eigenvalue weighted by atomic mass is 79.9. The molecule has 0 aliphatic carbocycles. The Kier molecular flexibility index (Phi) is 4.96. The summed E-state index contributed by atoms with van der Waals surface area (Å²) in [5.74, 6) is -0.805. The summed E-state index contributed by atoms with van der Waals surface area (Å²) < 4.78 is 0.839. The van der Waals surface area contributed by atoms with Crippen LogP contribution in [-0.2, 0) is 0 Å². The maximum atomic E-state index is 13.2. The molecule has 0 aromatic heterocycles. The van der Waals surface area contributed by atoms with Crippen molar-refractivity contribution in [3.05, 3.63) is 75.8 Å². The molecule has 3 aromatic carbocycles. The lowest BCUT2D eigenvalue weighted by Crippen LogP contribution is -2.40. The zero-order chi connectivity index (χ0) is 20.7. The van der Waals surface area contributed by atoms with E-state index in [9.17, 15) is 14.4 Å². The fourth-order valence-electron chi connectivity index (χ4n) is 3.74. The first-order valence-electron chi connectivity index (χ1n) is 9.47. The standard InChI is InChI=1S/C23H19BrN2O3/c1-3-25(4-2)21(27)14-8-10-15(11-9-14)26-22(28)17-7-5-6-16-19(24)13-12-18(20(16)17)23(26)29/h5-13H,3-4H2,1-2H3. The van der Waals surface area contributed by atoms with E-state index in [1.165, 1.54) is 4.90 Å². The number of hydrogen-bond acceptors (Lipinski definition) is 3. The van der Waals surface area contributed by atoms with Crippen molar-refractivity contribution in [3.63, 3.8) is 0 Å². The topological polar surface area (TPSA) is 57.7 Å². The molecular weight excluding hydrogens is 432 g/mol. The Bertz CT molecular complexity index is 1130. The van der Waals surface area contributed by atoms with Crippen LogP contribution in [0.1, 0.15) is 44.9 Å². The number of nitrogens with zero attached hydrogens (tertiary/aromatic N) is 2. The fraction of sp³-hybridized carbons (Fsp3) is 0.174. The molecule has 1 aliphatic heterocycles. The zero-order valence-corrected chi connectivity index (χ0v) is 17.7. The van der Waals surface area contributed by atoms with Gasteiger partial charge in [-0.25, -0.2) is 4.90 Å². The summed E-state index contributed by atoms with van der Waals surface area (Å²) >= 11 is 3.49. The van der Waals surface area contributed by atoms with Crippen LogP contribution in [0, 0.1) is 0 Å². The summed E-state index contributed by atoms with van der Waals surface area (Å²) in [5, 5.41) is 1.50. The number of carbonyl (C=O) groups excluding carboxylic acids is 3. The van der Waals surface area contributed by atoms with E-state index < -0.39 is 0 Å². The molecule has 1 aliphatic rings. The molecule has 0 atom stereocenters. The number of rotatable bonds is 4. The first-order valence-corrected chi connectivity index (χ1v) is 10.3. The lowest BCUT2D eigenvalue weighted by molar-refractivity contribution is 0.0772. The summed E-state index contributed by atoms with van der Waals surface area (Å²) in [7, 11) is 0. The molecule has 0 N–H and O–H groups in total. The van der Waals surface area contributed by atoms with Crippen molar-refractivity contribution >= 4 is 50.1 Å². The van der Waals surface area contributed by atoms with Gasteiger partial charge in [0.25, 0.3) is 17.7 Å². The Hall–Kier alpha value is -2.99. The Morgan fingerprint density at radius 2 is 1.52 bits per heavy atom. The van der Waals surface area contributed by atoms with Gasteiger partial charge in [0, 0.05) is 39.6 Å². The van der Waals surface area contributed by atoms with E-state index in [2.05, 4.69) is 15.9 Å². The molecule has 29 heavy (non-hydrogen) atoms. The molecule has 0 radical (unpaired) electrons. The highest BCUT2D eigenvalue weighted by molar-refractivity contribution is 9.10. The number of imide groups is 1. The van der Waals surface area contributed by atoms with Crippen LogP contribution in [0.25, 0.3) is 10.8 Å². The molecule has 4 rings (SSSR count). The fourth-order valence-corrected chi connectivity index (χ4v) is 4.20. The summed E-state index contributed by atoms with van der Waals surface area (Å²) in [5.41, 5.74) is 1.95. The lowest BCUT2D eigenvalue weighted by Gasteiger charge is -2.27. The zero-order valence-electron chi connectivity index (χ0n) is 16.1. The number of amides is 3. The van der Waals surface area contributed by atoms with E-state index in [-0.39, 0.29) is 17.7 Å². The summed E-state index contributed by atoms with van der Waals surface area (Å²) in [4.78, 5) is 41.7. The average Bonchev–Trinajstić information content (AvgIpc) is 2.74. The highest BCUT2D eigenvalue weighted by Gasteiger charge is 2.34. The van der Waals surface area contributed by atoms with E-state index in [4.69, 9.17) is 0 Å². The van der Waals surface area contributed by atoms with Crippen LogP contribution >= 0.6 is 15.9 Å². The molecule has 0 bridgehead atoms. The molecule has 146 valence electrons. The first kappa shape index (κ1) is 19.3. The van der Waals surface area contributed by atoms with Gasteiger partial charge in [-0.05, 0) is 61.7 Å². The SMILES string of the molecule is CCN(CC)C(=O)c1ccc(N2C(=O)c3cccc4c(Br)ccc(c34)C2=O)cc1. The van der Waals surface area contributed by atoms with Gasteiger partial charge in [-0.1, -0.05) is 28.1 Å². The average molecular weight is 451 g/mol. The summed E-state index contributed by atoms with van der Waals surface area (Å²) in [6, 6.07) is 15.6. The van der Waals surface area contributed by atoms with E-state index in [0.29, 0.717) is 40.9 Å². The van der Waals surface area contributed by atoms with Crippen LogP contribution in [0.2, 0.25) is 0 Å². The largest absolute Gasteiger partial charge is 0.339 e. The van der Waals surface area contributed by atoms with Gasteiger partial charge in [0.05, 0.1) is 5.69 Å². The van der Waals surface area contributed by atoms with E-state index in [0.717, 1.165) is 9.86 Å². The predicted octanol–water partition coefficient (Wildman–Crippen LogP) is 4.88. The van der Waals surface area contributed by atoms with Crippen molar-refractivity contribution in [2.24, 2.45) is 0 Å². The monoisotopic (exact) mass is 450 g/mol. The maximum absolute atomic E-state index is 13.2. The van der Waals surface area contributed by atoms with Crippen LogP contribution in [0.3, 0.4) is 0 Å². The second-order valence-corrected chi connectivity index (χ2v) is 7.65. The quantitative estimate of drug-likeness (QED) is 0.531. The normalized spacial score (nSPS) is 13.1. The van der Waals surface area contributed by atoms with Gasteiger partial charge in [-0.2, -0.15) is 0 Å². The third-order valence-corrected chi connectivity index (χ3v) is 5.97. The van der Waals surface area contributed by atoms with E-state index in [1.807, 2.05) is 32.0 Å². The van der Waals surface area contributed by atoms with Crippen molar-refractivity contribution in [3.8, 4) is 0 Å². The molecule has 0 saturated heterocycles. The molecule has 0 fully saturated rings. The third-order valence-electron chi connectivity index (χ3n) is 5.28. The maximum Gasteiger partial charge on any atom is 0.265 e. The summed E-state index contributed by atoms with van der Waals surface area (Å²) in [6.45, 7) is 5.10. The number of benzene rings is 3. The Labute approximate surface area is 177 Å². The Balaban J connectivity index is 1.75. The minimum atomic E-state index is -0.367. The van der Waals surface area contributed by atoms with Gasteiger partial charge in [-0.3, -0.25) is 14.4 Å². The lowest BCUT2D eigenvalue weighted by atomic mass is 9.93. The van der Waals surface area contributed by atoms with Gasteiger partial charge in [0.2, 0.25) is 0 Å². The molecule has 3 aromatic rings. The van der Waals surface area contributed by atoms with E-state index >= 15 is 0 Å². The van der Waals surface area contributed by atoms with Crippen molar-refractivity contribution in [1.82, 2.24) is 4.90 Å².